The molecule has 0 radical (unpaired) electrons. The van der Waals surface area contributed by atoms with Gasteiger partial charge in [-0.2, -0.15) is 0 Å². The predicted molar refractivity (Wildman–Crippen MR) is 181 cm³/mol. The van der Waals surface area contributed by atoms with E-state index in [9.17, 15) is 9.59 Å². The lowest BCUT2D eigenvalue weighted by Crippen LogP contribution is -2.39. The van der Waals surface area contributed by atoms with E-state index in [2.05, 4.69) is 0 Å². The van der Waals surface area contributed by atoms with E-state index in [1.54, 1.807) is 11.5 Å². The van der Waals surface area contributed by atoms with Crippen molar-refractivity contribution in [3.05, 3.63) is 156 Å². The monoisotopic (exact) mass is 650 g/mol. The third-order valence-electron chi connectivity index (χ3n) is 7.36. The average molecular weight is 651 g/mol. The van der Waals surface area contributed by atoms with E-state index in [1.165, 1.54) is 11.3 Å². The number of ether oxygens (including phenoxy) is 3. The molecule has 5 aromatic rings. The van der Waals surface area contributed by atoms with Gasteiger partial charge in [-0.3, -0.25) is 9.36 Å². The van der Waals surface area contributed by atoms with Crippen LogP contribution in [0.1, 0.15) is 42.1 Å². The fourth-order valence-electron chi connectivity index (χ4n) is 5.29. The molecule has 0 bridgehead atoms. The third kappa shape index (κ3) is 6.54. The zero-order chi connectivity index (χ0) is 32.0. The first-order chi connectivity index (χ1) is 22.5. The Morgan fingerprint density at radius 1 is 0.891 bits per heavy atom. The maximum Gasteiger partial charge on any atom is 0.338 e. The number of nitrogens with zero attached hydrogens (tertiary/aromatic N) is 2. The summed E-state index contributed by atoms with van der Waals surface area (Å²) in [5.74, 6) is 0.644. The van der Waals surface area contributed by atoms with Gasteiger partial charge in [0, 0.05) is 10.6 Å². The summed E-state index contributed by atoms with van der Waals surface area (Å²) in [7, 11) is 0. The van der Waals surface area contributed by atoms with E-state index >= 15 is 0 Å². The van der Waals surface area contributed by atoms with Gasteiger partial charge in [0.1, 0.15) is 6.61 Å². The Balaban J connectivity index is 1.46. The van der Waals surface area contributed by atoms with Crippen LogP contribution in [0.3, 0.4) is 0 Å². The van der Waals surface area contributed by atoms with Gasteiger partial charge in [0.25, 0.3) is 5.56 Å². The molecule has 1 atom stereocenters. The highest BCUT2D eigenvalue weighted by Gasteiger charge is 2.35. The minimum absolute atomic E-state index is 0.192. The third-order valence-corrected chi connectivity index (χ3v) is 8.60. The Labute approximate surface area is 275 Å². The number of aromatic nitrogens is 1. The molecule has 0 aliphatic carbocycles. The number of benzene rings is 4. The standard InChI is InChI=1S/C37H31ClN2O5S/c1-3-43-30-21-25(17-20-29(30)45-23-24-15-18-28(38)19-16-24)22-31-35(41)40-34(27-13-9-6-10-14-27)32(36(42)44-4-2)33(39-37(40)46-31)26-11-7-5-8-12-26/h5-22,34H,3-4,23H2,1-2H3/b31-22-/t34-/m1/s1. The highest BCUT2D eigenvalue weighted by molar-refractivity contribution is 7.07. The zero-order valence-corrected chi connectivity index (χ0v) is 26.9. The molecule has 1 aromatic heterocycles. The molecule has 0 saturated heterocycles. The summed E-state index contributed by atoms with van der Waals surface area (Å²) in [6, 6.07) is 31.3. The van der Waals surface area contributed by atoms with Crippen LogP contribution in [-0.2, 0) is 16.1 Å². The highest BCUT2D eigenvalue weighted by atomic mass is 35.5. The van der Waals surface area contributed by atoms with Crippen LogP contribution < -0.4 is 24.4 Å². The van der Waals surface area contributed by atoms with E-state index in [-0.39, 0.29) is 12.2 Å². The molecule has 7 nitrogen and oxygen atoms in total. The second-order valence-electron chi connectivity index (χ2n) is 10.4. The van der Waals surface area contributed by atoms with Crippen molar-refractivity contribution >= 4 is 40.7 Å². The molecule has 0 saturated carbocycles. The molecule has 232 valence electrons. The van der Waals surface area contributed by atoms with E-state index in [4.69, 9.17) is 30.8 Å². The number of carbonyl (C=O) groups is 1. The van der Waals surface area contributed by atoms with Crippen molar-refractivity contribution < 1.29 is 19.0 Å². The van der Waals surface area contributed by atoms with Crippen LogP contribution in [0.2, 0.25) is 5.02 Å². The van der Waals surface area contributed by atoms with Gasteiger partial charge in [-0.25, -0.2) is 9.79 Å². The van der Waals surface area contributed by atoms with Crippen LogP contribution in [0, 0.1) is 0 Å². The number of carbonyl (C=O) groups excluding carboxylic acids is 1. The minimum atomic E-state index is -0.725. The Bertz CT molecular complexity index is 2070. The van der Waals surface area contributed by atoms with Crippen molar-refractivity contribution in [2.75, 3.05) is 13.2 Å². The number of rotatable bonds is 10. The molecule has 1 aliphatic heterocycles. The van der Waals surface area contributed by atoms with Crippen LogP contribution in [0.4, 0.5) is 0 Å². The summed E-state index contributed by atoms with van der Waals surface area (Å²) in [6.45, 7) is 4.65. The van der Waals surface area contributed by atoms with Crippen molar-refractivity contribution in [2.24, 2.45) is 4.99 Å². The predicted octanol–water partition coefficient (Wildman–Crippen LogP) is 6.57. The van der Waals surface area contributed by atoms with Crippen LogP contribution >= 0.6 is 22.9 Å². The van der Waals surface area contributed by atoms with E-state index in [1.807, 2.05) is 116 Å². The SMILES string of the molecule is CCOC(=O)C1=C(c2ccccc2)N=c2s/c(=C\c3ccc(OCc4ccc(Cl)cc4)c(OCC)c3)c(=O)n2[C@@H]1c1ccccc1. The molecule has 46 heavy (non-hydrogen) atoms. The maximum absolute atomic E-state index is 14.2. The topological polar surface area (TPSA) is 79.1 Å². The van der Waals surface area contributed by atoms with Crippen molar-refractivity contribution in [3.63, 3.8) is 0 Å². The van der Waals surface area contributed by atoms with Gasteiger partial charge in [0.2, 0.25) is 0 Å². The first kappa shape index (κ1) is 31.1. The smallest absolute Gasteiger partial charge is 0.338 e. The van der Waals surface area contributed by atoms with E-state index in [0.29, 0.717) is 50.3 Å². The fourth-order valence-corrected chi connectivity index (χ4v) is 6.41. The van der Waals surface area contributed by atoms with Gasteiger partial charge in [0.05, 0.1) is 35.1 Å². The Morgan fingerprint density at radius 3 is 2.30 bits per heavy atom. The molecule has 6 rings (SSSR count). The molecule has 9 heteroatoms. The Hall–Kier alpha value is -4.92. The van der Waals surface area contributed by atoms with Crippen molar-refractivity contribution in [1.82, 2.24) is 4.57 Å². The number of fused-ring (bicyclic) bond motifs is 1. The number of thiazole rings is 1. The van der Waals surface area contributed by atoms with Gasteiger partial charge in [-0.05, 0) is 60.9 Å². The number of hydrogen-bond donors (Lipinski definition) is 0. The lowest BCUT2D eigenvalue weighted by atomic mass is 9.93. The largest absolute Gasteiger partial charge is 0.490 e. The van der Waals surface area contributed by atoms with Crippen molar-refractivity contribution in [2.45, 2.75) is 26.5 Å². The lowest BCUT2D eigenvalue weighted by Gasteiger charge is -2.25. The summed E-state index contributed by atoms with van der Waals surface area (Å²) in [5.41, 5.74) is 3.83. The molecule has 0 fully saturated rings. The van der Waals surface area contributed by atoms with Crippen LogP contribution in [0.15, 0.2) is 118 Å². The second-order valence-corrected chi connectivity index (χ2v) is 11.8. The van der Waals surface area contributed by atoms with Crippen LogP contribution in [-0.4, -0.2) is 23.8 Å². The quantitative estimate of drug-likeness (QED) is 0.160. The molecule has 0 spiro atoms. The Morgan fingerprint density at radius 2 is 1.61 bits per heavy atom. The molecule has 0 unspecified atom stereocenters. The first-order valence-electron chi connectivity index (χ1n) is 14.9. The zero-order valence-electron chi connectivity index (χ0n) is 25.3. The molecule has 0 amide bonds. The normalized spacial score (nSPS) is 14.4. The van der Waals surface area contributed by atoms with Crippen molar-refractivity contribution in [3.8, 4) is 11.5 Å². The lowest BCUT2D eigenvalue weighted by molar-refractivity contribution is -0.138. The van der Waals surface area contributed by atoms with Gasteiger partial charge < -0.3 is 14.2 Å². The maximum atomic E-state index is 14.2. The number of hydrogen-bond acceptors (Lipinski definition) is 7. The molecular formula is C37H31ClN2O5S. The fraction of sp³-hybridized carbons (Fsp3) is 0.162. The number of halogens is 1. The molecule has 1 aliphatic rings. The molecule has 0 N–H and O–H groups in total. The Kier molecular flexibility index (Phi) is 9.47. The van der Waals surface area contributed by atoms with Crippen LogP contribution in [0.5, 0.6) is 11.5 Å². The van der Waals surface area contributed by atoms with E-state index < -0.39 is 12.0 Å². The summed E-state index contributed by atoms with van der Waals surface area (Å²) in [6.07, 6.45) is 1.81. The minimum Gasteiger partial charge on any atom is -0.490 e. The average Bonchev–Trinajstić information content (AvgIpc) is 3.39. The van der Waals surface area contributed by atoms with E-state index in [0.717, 1.165) is 22.3 Å². The van der Waals surface area contributed by atoms with Gasteiger partial charge >= 0.3 is 5.97 Å². The summed E-state index contributed by atoms with van der Waals surface area (Å²) >= 11 is 7.29. The molecule has 4 aromatic carbocycles. The molecular weight excluding hydrogens is 620 g/mol. The number of esters is 1. The first-order valence-corrected chi connectivity index (χ1v) is 16.1. The van der Waals surface area contributed by atoms with Gasteiger partial charge in [-0.15, -0.1) is 0 Å². The van der Waals surface area contributed by atoms with Gasteiger partial charge in [0.15, 0.2) is 16.3 Å². The van der Waals surface area contributed by atoms with Crippen molar-refractivity contribution in [1.29, 1.82) is 0 Å². The second kappa shape index (κ2) is 14.0. The summed E-state index contributed by atoms with van der Waals surface area (Å²) in [4.78, 5) is 33.2. The summed E-state index contributed by atoms with van der Waals surface area (Å²) < 4.78 is 19.6. The molecule has 2 heterocycles. The highest BCUT2D eigenvalue weighted by Crippen LogP contribution is 2.35. The van der Waals surface area contributed by atoms with Gasteiger partial charge in [-0.1, -0.05) is 102 Å². The summed E-state index contributed by atoms with van der Waals surface area (Å²) in [5, 5.41) is 0.664. The van der Waals surface area contributed by atoms with Crippen LogP contribution in [0.25, 0.3) is 11.8 Å².